The van der Waals surface area contributed by atoms with Gasteiger partial charge in [-0.15, -0.1) is 0 Å². The first-order valence-corrected chi connectivity index (χ1v) is 5.23. The van der Waals surface area contributed by atoms with Gasteiger partial charge >= 0.3 is 11.9 Å². The van der Waals surface area contributed by atoms with Gasteiger partial charge in [0.25, 0.3) is 0 Å². The monoisotopic (exact) mass is 252 g/mol. The zero-order valence-corrected chi connectivity index (χ0v) is 10.0. The van der Waals surface area contributed by atoms with Crippen LogP contribution in [0.1, 0.15) is 15.9 Å². The van der Waals surface area contributed by atoms with E-state index in [2.05, 4.69) is 9.47 Å². The summed E-state index contributed by atoms with van der Waals surface area (Å²) < 4.78 is 19.6. The minimum Gasteiger partial charge on any atom is -0.469 e. The van der Waals surface area contributed by atoms with Crippen LogP contribution in [0.3, 0.4) is 0 Å². The summed E-state index contributed by atoms with van der Waals surface area (Å²) in [7, 11) is 2.56. The minimum absolute atomic E-state index is 0.0302. The molecule has 0 saturated carbocycles. The van der Waals surface area contributed by atoms with Crippen molar-refractivity contribution in [3.05, 3.63) is 23.3 Å². The quantitative estimate of drug-likeness (QED) is 0.745. The number of carbonyl (C=O) groups is 2. The lowest BCUT2D eigenvalue weighted by Crippen LogP contribution is -2.11. The van der Waals surface area contributed by atoms with E-state index in [-0.39, 0.29) is 18.8 Å². The molecule has 0 fully saturated rings. The second kappa shape index (κ2) is 4.95. The summed E-state index contributed by atoms with van der Waals surface area (Å²) in [5.74, 6) is -0.0169. The third kappa shape index (κ3) is 2.22. The number of methoxy groups -OCH3 is 2. The zero-order chi connectivity index (χ0) is 13.1. The molecule has 1 heterocycles. The molecule has 6 nitrogen and oxygen atoms in total. The Bertz CT molecular complexity index is 494. The highest BCUT2D eigenvalue weighted by atomic mass is 16.7. The van der Waals surface area contributed by atoms with Crippen LogP contribution < -0.4 is 9.47 Å². The van der Waals surface area contributed by atoms with Gasteiger partial charge in [0.05, 0.1) is 26.2 Å². The Labute approximate surface area is 103 Å². The van der Waals surface area contributed by atoms with Gasteiger partial charge in [-0.05, 0) is 17.7 Å². The van der Waals surface area contributed by atoms with Gasteiger partial charge in [-0.25, -0.2) is 4.79 Å². The molecule has 2 rings (SSSR count). The summed E-state index contributed by atoms with van der Waals surface area (Å²) in [6.07, 6.45) is -0.0302. The summed E-state index contributed by atoms with van der Waals surface area (Å²) >= 11 is 0. The number of fused-ring (bicyclic) bond motifs is 1. The Kier molecular flexibility index (Phi) is 3.36. The third-order valence-electron chi connectivity index (χ3n) is 2.57. The fourth-order valence-corrected chi connectivity index (χ4v) is 1.66. The molecule has 0 radical (unpaired) electrons. The molecule has 0 aliphatic carbocycles. The van der Waals surface area contributed by atoms with E-state index in [1.54, 1.807) is 6.07 Å². The first-order valence-electron chi connectivity index (χ1n) is 5.23. The molecule has 0 unspecified atom stereocenters. The molecule has 0 atom stereocenters. The second-order valence-electron chi connectivity index (χ2n) is 3.61. The van der Waals surface area contributed by atoms with Crippen LogP contribution in [0.2, 0.25) is 0 Å². The first-order chi connectivity index (χ1) is 8.65. The molecular weight excluding hydrogens is 240 g/mol. The van der Waals surface area contributed by atoms with Crippen LogP contribution in [0.5, 0.6) is 11.5 Å². The molecule has 1 aliphatic rings. The van der Waals surface area contributed by atoms with E-state index in [1.807, 2.05) is 0 Å². The molecule has 6 heteroatoms. The van der Waals surface area contributed by atoms with Crippen molar-refractivity contribution in [3.8, 4) is 11.5 Å². The van der Waals surface area contributed by atoms with Crippen molar-refractivity contribution >= 4 is 11.9 Å². The van der Waals surface area contributed by atoms with Crippen LogP contribution in [0.25, 0.3) is 0 Å². The minimum atomic E-state index is -0.535. The molecular formula is C12H12O6. The topological polar surface area (TPSA) is 71.1 Å². The van der Waals surface area contributed by atoms with Crippen LogP contribution in [0.4, 0.5) is 0 Å². The van der Waals surface area contributed by atoms with Crippen molar-refractivity contribution in [2.75, 3.05) is 21.0 Å². The van der Waals surface area contributed by atoms with E-state index in [9.17, 15) is 9.59 Å². The van der Waals surface area contributed by atoms with Crippen LogP contribution in [0, 0.1) is 0 Å². The molecule has 1 aliphatic heterocycles. The third-order valence-corrected chi connectivity index (χ3v) is 2.57. The van der Waals surface area contributed by atoms with Crippen molar-refractivity contribution < 1.29 is 28.5 Å². The largest absolute Gasteiger partial charge is 0.469 e. The molecule has 1 aromatic rings. The summed E-state index contributed by atoms with van der Waals surface area (Å²) in [5.41, 5.74) is 0.755. The summed E-state index contributed by atoms with van der Waals surface area (Å²) in [4.78, 5) is 22.9. The van der Waals surface area contributed by atoms with Gasteiger partial charge in [-0.1, -0.05) is 0 Å². The number of carbonyl (C=O) groups excluding carboxylic acids is 2. The Hall–Kier alpha value is -2.24. The van der Waals surface area contributed by atoms with E-state index in [1.165, 1.54) is 20.3 Å². The molecule has 96 valence electrons. The van der Waals surface area contributed by atoms with Gasteiger partial charge in [0.15, 0.2) is 11.5 Å². The van der Waals surface area contributed by atoms with Crippen molar-refractivity contribution in [2.45, 2.75) is 6.42 Å². The number of ether oxygens (including phenoxy) is 4. The Morgan fingerprint density at radius 3 is 2.44 bits per heavy atom. The molecule has 0 N–H and O–H groups in total. The van der Waals surface area contributed by atoms with Crippen LogP contribution in [0.15, 0.2) is 12.1 Å². The molecule has 0 spiro atoms. The van der Waals surface area contributed by atoms with E-state index in [4.69, 9.17) is 9.47 Å². The lowest BCUT2D eigenvalue weighted by Gasteiger charge is -2.08. The Morgan fingerprint density at radius 1 is 1.17 bits per heavy atom. The summed E-state index contributed by atoms with van der Waals surface area (Å²) in [6.45, 7) is 0.0949. The van der Waals surface area contributed by atoms with Crippen molar-refractivity contribution in [1.82, 2.24) is 0 Å². The van der Waals surface area contributed by atoms with Gasteiger partial charge in [0.1, 0.15) is 0 Å². The summed E-state index contributed by atoms with van der Waals surface area (Å²) in [5, 5.41) is 0. The standard InChI is InChI=1S/C12H12O6/c1-15-11(13)4-7-3-9-10(18-6-17-9)5-8(7)12(14)16-2/h3,5H,4,6H2,1-2H3. The fourth-order valence-electron chi connectivity index (χ4n) is 1.66. The number of benzene rings is 1. The maximum atomic E-state index is 11.6. The predicted molar refractivity (Wildman–Crippen MR) is 59.6 cm³/mol. The van der Waals surface area contributed by atoms with Crippen molar-refractivity contribution in [1.29, 1.82) is 0 Å². The number of hydrogen-bond acceptors (Lipinski definition) is 6. The molecule has 0 aromatic heterocycles. The van der Waals surface area contributed by atoms with Crippen LogP contribution in [-0.4, -0.2) is 33.0 Å². The smallest absolute Gasteiger partial charge is 0.338 e. The lowest BCUT2D eigenvalue weighted by atomic mass is 10.0. The van der Waals surface area contributed by atoms with E-state index >= 15 is 0 Å². The highest BCUT2D eigenvalue weighted by molar-refractivity contribution is 5.93. The first kappa shape index (κ1) is 12.2. The Balaban J connectivity index is 2.41. The zero-order valence-electron chi connectivity index (χ0n) is 10.0. The van der Waals surface area contributed by atoms with Crippen LogP contribution >= 0.6 is 0 Å². The van der Waals surface area contributed by atoms with Gasteiger partial charge in [-0.2, -0.15) is 0 Å². The number of esters is 2. The average molecular weight is 252 g/mol. The normalized spacial score (nSPS) is 12.1. The molecule has 0 amide bonds. The number of rotatable bonds is 3. The molecule has 0 saturated heterocycles. The van der Waals surface area contributed by atoms with Gasteiger partial charge in [-0.3, -0.25) is 4.79 Å². The van der Waals surface area contributed by atoms with Crippen molar-refractivity contribution in [2.24, 2.45) is 0 Å². The van der Waals surface area contributed by atoms with E-state index < -0.39 is 11.9 Å². The number of hydrogen-bond donors (Lipinski definition) is 0. The fraction of sp³-hybridized carbons (Fsp3) is 0.333. The second-order valence-corrected chi connectivity index (χ2v) is 3.61. The lowest BCUT2D eigenvalue weighted by molar-refractivity contribution is -0.139. The molecule has 0 bridgehead atoms. The van der Waals surface area contributed by atoms with Gasteiger partial charge in [0.2, 0.25) is 6.79 Å². The highest BCUT2D eigenvalue weighted by Gasteiger charge is 2.22. The molecule has 1 aromatic carbocycles. The average Bonchev–Trinajstić information content (AvgIpc) is 2.83. The Morgan fingerprint density at radius 2 is 1.83 bits per heavy atom. The van der Waals surface area contributed by atoms with Crippen LogP contribution in [-0.2, 0) is 20.7 Å². The highest BCUT2D eigenvalue weighted by Crippen LogP contribution is 2.35. The molecule has 18 heavy (non-hydrogen) atoms. The van der Waals surface area contributed by atoms with E-state index in [0.717, 1.165) is 0 Å². The predicted octanol–water partition coefficient (Wildman–Crippen LogP) is 0.917. The summed E-state index contributed by atoms with van der Waals surface area (Å²) in [6, 6.07) is 3.10. The van der Waals surface area contributed by atoms with Gasteiger partial charge < -0.3 is 18.9 Å². The maximum absolute atomic E-state index is 11.6. The van der Waals surface area contributed by atoms with Crippen molar-refractivity contribution in [3.63, 3.8) is 0 Å². The van der Waals surface area contributed by atoms with Gasteiger partial charge in [0, 0.05) is 0 Å². The maximum Gasteiger partial charge on any atom is 0.338 e. The SMILES string of the molecule is COC(=O)Cc1cc2c(cc1C(=O)OC)OCO2. The van der Waals surface area contributed by atoms with E-state index in [0.29, 0.717) is 17.1 Å².